The Morgan fingerprint density at radius 1 is 0.909 bits per heavy atom. The van der Waals surface area contributed by atoms with Crippen LogP contribution in [0.5, 0.6) is 5.75 Å². The Balaban J connectivity index is 1.14. The molecule has 3 aromatic carbocycles. The van der Waals surface area contributed by atoms with Crippen molar-refractivity contribution in [1.29, 1.82) is 0 Å². The van der Waals surface area contributed by atoms with Gasteiger partial charge in [0.05, 0.1) is 6.61 Å². The third kappa shape index (κ3) is 7.95. The van der Waals surface area contributed by atoms with Crippen molar-refractivity contribution >= 4 is 12.0 Å². The van der Waals surface area contributed by atoms with Crippen molar-refractivity contribution in [3.05, 3.63) is 89.7 Å². The van der Waals surface area contributed by atoms with E-state index in [1.807, 2.05) is 13.0 Å². The number of piperidine rings is 1. The number of nitrogens with one attached hydrogen (secondary N) is 1. The highest BCUT2D eigenvalue weighted by molar-refractivity contribution is 5.85. The topological polar surface area (TPSA) is 85.3 Å². The molecule has 2 N–H and O–H groups in total. The zero-order valence-electron chi connectivity index (χ0n) is 25.5. The Hall–Kier alpha value is -3.95. The van der Waals surface area contributed by atoms with E-state index in [1.165, 1.54) is 22.8 Å². The van der Waals surface area contributed by atoms with Gasteiger partial charge in [0.25, 0.3) is 0 Å². The van der Waals surface area contributed by atoms with Crippen LogP contribution in [0.3, 0.4) is 0 Å². The normalized spacial score (nSPS) is 17.3. The van der Waals surface area contributed by atoms with E-state index in [0.717, 1.165) is 38.9 Å². The maximum absolute atomic E-state index is 14.6. The van der Waals surface area contributed by atoms with Crippen LogP contribution in [0.25, 0.3) is 11.1 Å². The quantitative estimate of drug-likeness (QED) is 0.317. The highest BCUT2D eigenvalue weighted by Gasteiger charge is 2.36. The number of nitrogens with zero attached hydrogens (tertiary/aromatic N) is 3. The number of benzene rings is 3. The summed E-state index contributed by atoms with van der Waals surface area (Å²) in [4.78, 5) is 31.7. The molecule has 3 aromatic rings. The number of likely N-dealkylation sites (tertiary alicyclic amines) is 1. The average molecular weight is 603 g/mol. The lowest BCUT2D eigenvalue weighted by molar-refractivity contribution is -0.137. The molecule has 2 fully saturated rings. The predicted molar refractivity (Wildman–Crippen MR) is 169 cm³/mol. The van der Waals surface area contributed by atoms with Crippen molar-refractivity contribution in [2.24, 2.45) is 5.92 Å². The molecule has 2 saturated heterocycles. The van der Waals surface area contributed by atoms with Crippen LogP contribution >= 0.6 is 0 Å². The molecule has 44 heavy (non-hydrogen) atoms. The molecular formula is C35H43FN4O4. The fourth-order valence-electron chi connectivity index (χ4n) is 6.47. The minimum Gasteiger partial charge on any atom is -0.493 e. The second-order valence-corrected chi connectivity index (χ2v) is 11.6. The largest absolute Gasteiger partial charge is 0.493 e. The fourth-order valence-corrected chi connectivity index (χ4v) is 6.47. The maximum atomic E-state index is 14.6. The van der Waals surface area contributed by atoms with Gasteiger partial charge in [-0.15, -0.1) is 0 Å². The number of carboxylic acid groups (broad SMARTS) is 1. The molecule has 9 heteroatoms. The van der Waals surface area contributed by atoms with Crippen LogP contribution in [0.2, 0.25) is 0 Å². The summed E-state index contributed by atoms with van der Waals surface area (Å²) in [7, 11) is 0. The van der Waals surface area contributed by atoms with Crippen molar-refractivity contribution in [2.45, 2.75) is 38.8 Å². The number of carbonyl (C=O) groups is 2. The Morgan fingerprint density at radius 3 is 2.32 bits per heavy atom. The summed E-state index contributed by atoms with van der Waals surface area (Å²) < 4.78 is 20.2. The van der Waals surface area contributed by atoms with Crippen molar-refractivity contribution in [3.63, 3.8) is 0 Å². The molecule has 0 radical (unpaired) electrons. The second kappa shape index (κ2) is 15.2. The first-order valence-corrected chi connectivity index (χ1v) is 15.7. The molecule has 2 aliphatic heterocycles. The number of halogens is 1. The predicted octanol–water partition coefficient (Wildman–Crippen LogP) is 5.13. The van der Waals surface area contributed by atoms with Gasteiger partial charge in [-0.25, -0.2) is 9.18 Å². The molecule has 2 amide bonds. The first-order chi connectivity index (χ1) is 21.4. The molecule has 8 nitrogen and oxygen atoms in total. The van der Waals surface area contributed by atoms with Gasteiger partial charge in [0.15, 0.2) is 0 Å². The average Bonchev–Trinajstić information content (AvgIpc) is 3.05. The second-order valence-electron chi connectivity index (χ2n) is 11.6. The van der Waals surface area contributed by atoms with E-state index in [2.05, 4.69) is 63.6 Å². The van der Waals surface area contributed by atoms with E-state index in [9.17, 15) is 19.1 Å². The molecule has 2 heterocycles. The van der Waals surface area contributed by atoms with Crippen LogP contribution in [0.4, 0.5) is 9.18 Å². The first kappa shape index (κ1) is 31.5. The van der Waals surface area contributed by atoms with Gasteiger partial charge in [-0.1, -0.05) is 60.7 Å². The van der Waals surface area contributed by atoms with Crippen LogP contribution in [-0.4, -0.2) is 90.3 Å². The number of amides is 2. The smallest absolute Gasteiger partial charge is 0.405 e. The molecule has 0 aromatic heterocycles. The number of rotatable bonds is 11. The number of ether oxygens (including phenoxy) is 1. The van der Waals surface area contributed by atoms with Crippen molar-refractivity contribution in [3.8, 4) is 16.9 Å². The van der Waals surface area contributed by atoms with Crippen LogP contribution < -0.4 is 10.1 Å². The zero-order chi connectivity index (χ0) is 30.9. The zero-order valence-corrected chi connectivity index (χ0v) is 25.5. The monoisotopic (exact) mass is 602 g/mol. The molecule has 0 saturated carbocycles. The summed E-state index contributed by atoms with van der Waals surface area (Å²) in [5.41, 5.74) is 4.30. The Kier molecular flexibility index (Phi) is 10.9. The van der Waals surface area contributed by atoms with E-state index in [1.54, 1.807) is 17.0 Å². The highest BCUT2D eigenvalue weighted by Crippen LogP contribution is 2.27. The molecule has 0 bridgehead atoms. The lowest BCUT2D eigenvalue weighted by Gasteiger charge is -2.40. The summed E-state index contributed by atoms with van der Waals surface area (Å²) >= 11 is 0. The van der Waals surface area contributed by atoms with Crippen molar-refractivity contribution < 1.29 is 23.8 Å². The summed E-state index contributed by atoms with van der Waals surface area (Å²) in [5.74, 6) is 0.0234. The molecule has 1 unspecified atom stereocenters. The van der Waals surface area contributed by atoms with Gasteiger partial charge in [0, 0.05) is 44.8 Å². The van der Waals surface area contributed by atoms with E-state index in [-0.39, 0.29) is 17.6 Å². The Labute approximate surface area is 259 Å². The van der Waals surface area contributed by atoms with Gasteiger partial charge >= 0.3 is 6.09 Å². The fraction of sp³-hybridized carbons (Fsp3) is 0.429. The van der Waals surface area contributed by atoms with Crippen LogP contribution in [0, 0.1) is 11.7 Å². The number of hydrogen-bond donors (Lipinski definition) is 2. The number of hydrogen-bond acceptors (Lipinski definition) is 5. The maximum Gasteiger partial charge on any atom is 0.405 e. The van der Waals surface area contributed by atoms with Crippen LogP contribution in [-0.2, 0) is 17.8 Å². The van der Waals surface area contributed by atoms with Gasteiger partial charge in [-0.3, -0.25) is 9.69 Å². The van der Waals surface area contributed by atoms with Gasteiger partial charge in [0.2, 0.25) is 5.91 Å². The van der Waals surface area contributed by atoms with Crippen molar-refractivity contribution in [1.82, 2.24) is 20.0 Å². The van der Waals surface area contributed by atoms with E-state index < -0.39 is 12.1 Å². The summed E-state index contributed by atoms with van der Waals surface area (Å²) in [5, 5.41) is 12.2. The molecular weight excluding hydrogens is 559 g/mol. The van der Waals surface area contributed by atoms with Gasteiger partial charge < -0.3 is 25.0 Å². The number of piperazine rings is 1. The lowest BCUT2D eigenvalue weighted by atomic mass is 9.88. The minimum absolute atomic E-state index is 0.0587. The molecule has 1 atom stereocenters. The van der Waals surface area contributed by atoms with Gasteiger partial charge in [-0.2, -0.15) is 0 Å². The van der Waals surface area contributed by atoms with Gasteiger partial charge in [-0.05, 0) is 74.0 Å². The van der Waals surface area contributed by atoms with Gasteiger partial charge in [0.1, 0.15) is 17.6 Å². The van der Waals surface area contributed by atoms with Crippen LogP contribution in [0.15, 0.2) is 72.8 Å². The van der Waals surface area contributed by atoms with E-state index in [0.29, 0.717) is 50.6 Å². The molecule has 2 aliphatic rings. The third-order valence-corrected chi connectivity index (χ3v) is 8.89. The summed E-state index contributed by atoms with van der Waals surface area (Å²) in [6, 6.07) is 23.0. The minimum atomic E-state index is -1.18. The third-order valence-electron chi connectivity index (χ3n) is 8.89. The Morgan fingerprint density at radius 2 is 1.61 bits per heavy atom. The molecule has 234 valence electrons. The Bertz CT molecular complexity index is 1390. The van der Waals surface area contributed by atoms with E-state index >= 15 is 0 Å². The van der Waals surface area contributed by atoms with E-state index in [4.69, 9.17) is 4.74 Å². The molecule has 0 aliphatic carbocycles. The lowest BCUT2D eigenvalue weighted by Crippen LogP contribution is -2.58. The molecule has 0 spiro atoms. The molecule has 5 rings (SSSR count). The van der Waals surface area contributed by atoms with Crippen LogP contribution in [0.1, 0.15) is 30.9 Å². The summed E-state index contributed by atoms with van der Waals surface area (Å²) in [6.45, 7) is 7.37. The summed E-state index contributed by atoms with van der Waals surface area (Å²) in [6.07, 6.45) is 1.26. The van der Waals surface area contributed by atoms with Crippen molar-refractivity contribution in [2.75, 3.05) is 52.4 Å². The highest BCUT2D eigenvalue weighted by atomic mass is 19.1. The SMILES string of the molecule is CCOc1cccc(F)c1CN1CCN(C(=O)C(NC(=O)O)C2CCN(CCc3ccccc3-c3ccccc3)CC2)CC1. The number of carbonyl (C=O) groups excluding carboxylic acids is 1. The first-order valence-electron chi connectivity index (χ1n) is 15.7. The standard InChI is InChI=1S/C35H43FN4O4/c1-2-44-32-14-8-13-31(36)30(32)25-39-21-23-40(24-22-39)34(41)33(37-35(42)43)28-16-19-38(20-17-28)18-15-27-11-6-7-12-29(27)26-9-4-3-5-10-26/h3-14,28,33,37H,2,15-25H2,1H3,(H,42,43).